The average Bonchev–Trinajstić information content (AvgIpc) is 3.39. The number of nitrogens with two attached hydrogens (primary N) is 1. The zero-order chi connectivity index (χ0) is 26.2. The van der Waals surface area contributed by atoms with Gasteiger partial charge in [0.05, 0.1) is 17.5 Å². The minimum atomic E-state index is 0.0338. The number of hydrogen-bond donors (Lipinski definition) is 1. The van der Waals surface area contributed by atoms with Crippen LogP contribution in [-0.2, 0) is 6.42 Å². The van der Waals surface area contributed by atoms with Crippen LogP contribution in [-0.4, -0.2) is 29.8 Å². The second-order valence-electron chi connectivity index (χ2n) is 9.27. The fourth-order valence-corrected chi connectivity index (χ4v) is 4.83. The summed E-state index contributed by atoms with van der Waals surface area (Å²) in [4.78, 5) is 6.93. The van der Waals surface area contributed by atoms with Crippen LogP contribution in [0.5, 0.6) is 0 Å². The van der Waals surface area contributed by atoms with E-state index in [4.69, 9.17) is 10.8 Å². The number of benzene rings is 2. The van der Waals surface area contributed by atoms with Crippen LogP contribution in [0.4, 0.5) is 11.5 Å². The van der Waals surface area contributed by atoms with E-state index < -0.39 is 0 Å². The first-order chi connectivity index (χ1) is 18.1. The van der Waals surface area contributed by atoms with Crippen LogP contribution in [0.1, 0.15) is 57.2 Å². The number of aryl methyl sites for hydroxylation is 1. The average molecular weight is 494 g/mol. The van der Waals surface area contributed by atoms with E-state index in [1.54, 1.807) is 0 Å². The van der Waals surface area contributed by atoms with Crippen molar-refractivity contribution in [3.05, 3.63) is 101 Å². The largest absolute Gasteiger partial charge is 0.397 e. The molecule has 4 rings (SSSR count). The molecule has 0 aliphatic carbocycles. The highest BCUT2D eigenvalue weighted by Crippen LogP contribution is 2.29. The quantitative estimate of drug-likeness (QED) is 0.333. The Morgan fingerprint density at radius 3 is 2.30 bits per heavy atom. The molecule has 0 bridgehead atoms. The lowest BCUT2D eigenvalue weighted by molar-refractivity contribution is 0.776. The van der Waals surface area contributed by atoms with E-state index in [1.807, 2.05) is 29.4 Å². The van der Waals surface area contributed by atoms with Crippen molar-refractivity contribution in [1.29, 1.82) is 0 Å². The van der Waals surface area contributed by atoms with Gasteiger partial charge in [0.2, 0.25) is 0 Å². The number of rotatable bonds is 10. The summed E-state index contributed by atoms with van der Waals surface area (Å²) in [7, 11) is 0. The maximum Gasteiger partial charge on any atom is 0.149 e. The third-order valence-electron chi connectivity index (χ3n) is 7.06. The van der Waals surface area contributed by atoms with Crippen molar-refractivity contribution >= 4 is 28.9 Å². The van der Waals surface area contributed by atoms with Crippen LogP contribution in [0, 0.1) is 0 Å². The highest BCUT2D eigenvalue weighted by atomic mass is 15.5. The Kier molecular flexibility index (Phi) is 8.78. The van der Waals surface area contributed by atoms with E-state index >= 15 is 0 Å². The van der Waals surface area contributed by atoms with E-state index in [-0.39, 0.29) is 6.04 Å². The van der Waals surface area contributed by atoms with Crippen molar-refractivity contribution in [2.75, 3.05) is 23.0 Å². The van der Waals surface area contributed by atoms with Crippen molar-refractivity contribution < 1.29 is 0 Å². The second kappa shape index (κ2) is 12.4. The SMILES string of the molecule is CCC(=C(N)C1=NN(c2ccccn2)C(C=Cc2ccc(N(CC)CC)cc2)C1)c1ccc(CC)cc1. The molecule has 2 aromatic carbocycles. The fraction of sp³-hybridized carbons (Fsp3) is 0.312. The predicted octanol–water partition coefficient (Wildman–Crippen LogP) is 6.92. The third-order valence-corrected chi connectivity index (χ3v) is 7.06. The molecule has 0 spiro atoms. The lowest BCUT2D eigenvalue weighted by Gasteiger charge is -2.21. The Labute approximate surface area is 222 Å². The molecule has 1 aliphatic heterocycles. The Hall–Kier alpha value is -3.86. The lowest BCUT2D eigenvalue weighted by Crippen LogP contribution is -2.25. The molecule has 3 aromatic rings. The molecule has 1 atom stereocenters. The van der Waals surface area contributed by atoms with Gasteiger partial charge >= 0.3 is 0 Å². The van der Waals surface area contributed by atoms with Crippen LogP contribution < -0.4 is 15.6 Å². The molecule has 5 heteroatoms. The topological polar surface area (TPSA) is 57.8 Å². The van der Waals surface area contributed by atoms with Crippen LogP contribution in [0.3, 0.4) is 0 Å². The normalized spacial score (nSPS) is 16.2. The minimum absolute atomic E-state index is 0.0338. The van der Waals surface area contributed by atoms with Gasteiger partial charge in [-0.3, -0.25) is 0 Å². The smallest absolute Gasteiger partial charge is 0.149 e. The summed E-state index contributed by atoms with van der Waals surface area (Å²) < 4.78 is 0. The van der Waals surface area contributed by atoms with Crippen LogP contribution >= 0.6 is 0 Å². The highest BCUT2D eigenvalue weighted by molar-refractivity contribution is 6.07. The standard InChI is InChI=1S/C32H39N5/c1-5-24-12-17-26(18-13-24)29(6-2)32(33)30-23-28(37(35-30)31-11-9-10-22-34-31)21-16-25-14-19-27(20-15-25)36(7-3)8-4/h9-22,28H,5-8,23,33H2,1-4H3. The van der Waals surface area contributed by atoms with Crippen molar-refractivity contribution in [3.8, 4) is 0 Å². The molecule has 0 saturated carbocycles. The Morgan fingerprint density at radius 2 is 1.70 bits per heavy atom. The molecule has 2 heterocycles. The Morgan fingerprint density at radius 1 is 0.973 bits per heavy atom. The Balaban J connectivity index is 1.62. The number of anilines is 2. The zero-order valence-corrected chi connectivity index (χ0v) is 22.6. The first kappa shape index (κ1) is 26.2. The molecule has 0 fully saturated rings. The van der Waals surface area contributed by atoms with Gasteiger partial charge in [0, 0.05) is 31.4 Å². The molecule has 0 radical (unpaired) electrons. The third kappa shape index (κ3) is 6.11. The highest BCUT2D eigenvalue weighted by Gasteiger charge is 2.28. The molecular weight excluding hydrogens is 454 g/mol. The summed E-state index contributed by atoms with van der Waals surface area (Å²) in [6.45, 7) is 10.7. The summed E-state index contributed by atoms with van der Waals surface area (Å²) in [5, 5.41) is 6.98. The van der Waals surface area contributed by atoms with E-state index in [1.165, 1.54) is 16.8 Å². The molecular formula is C32H39N5. The van der Waals surface area contributed by atoms with Gasteiger partial charge in [0.15, 0.2) is 0 Å². The molecule has 5 nitrogen and oxygen atoms in total. The summed E-state index contributed by atoms with van der Waals surface area (Å²) in [5.74, 6) is 0.821. The van der Waals surface area contributed by atoms with Crippen LogP contribution in [0.2, 0.25) is 0 Å². The molecule has 1 aromatic heterocycles. The lowest BCUT2D eigenvalue weighted by atomic mass is 9.96. The van der Waals surface area contributed by atoms with Crippen molar-refractivity contribution in [3.63, 3.8) is 0 Å². The van der Waals surface area contributed by atoms with Gasteiger partial charge < -0.3 is 10.6 Å². The Bertz CT molecular complexity index is 1240. The summed E-state index contributed by atoms with van der Waals surface area (Å²) in [6, 6.07) is 23.4. The molecule has 37 heavy (non-hydrogen) atoms. The van der Waals surface area contributed by atoms with Gasteiger partial charge in [-0.15, -0.1) is 0 Å². The zero-order valence-electron chi connectivity index (χ0n) is 22.6. The number of hydrazone groups is 1. The van der Waals surface area contributed by atoms with Crippen molar-refractivity contribution in [2.45, 2.75) is 53.0 Å². The maximum atomic E-state index is 6.79. The first-order valence-electron chi connectivity index (χ1n) is 13.5. The molecule has 192 valence electrons. The van der Waals surface area contributed by atoms with E-state index in [0.29, 0.717) is 0 Å². The number of hydrogen-bond acceptors (Lipinski definition) is 5. The number of pyridine rings is 1. The molecule has 1 aliphatic rings. The van der Waals surface area contributed by atoms with Gasteiger partial charge in [0.25, 0.3) is 0 Å². The molecule has 1 unspecified atom stereocenters. The molecule has 0 saturated heterocycles. The monoisotopic (exact) mass is 493 g/mol. The fourth-order valence-electron chi connectivity index (χ4n) is 4.83. The minimum Gasteiger partial charge on any atom is -0.397 e. The maximum absolute atomic E-state index is 6.79. The van der Waals surface area contributed by atoms with Gasteiger partial charge in [-0.05, 0) is 73.2 Å². The predicted molar refractivity (Wildman–Crippen MR) is 159 cm³/mol. The van der Waals surface area contributed by atoms with Crippen molar-refractivity contribution in [1.82, 2.24) is 4.98 Å². The number of nitrogens with zero attached hydrogens (tertiary/aromatic N) is 4. The van der Waals surface area contributed by atoms with Gasteiger partial charge in [-0.25, -0.2) is 9.99 Å². The van der Waals surface area contributed by atoms with Crippen LogP contribution in [0.15, 0.2) is 89.8 Å². The molecule has 2 N–H and O–H groups in total. The number of allylic oxidation sites excluding steroid dienone is 2. The molecule has 0 amide bonds. The second-order valence-corrected chi connectivity index (χ2v) is 9.27. The van der Waals surface area contributed by atoms with Crippen molar-refractivity contribution in [2.24, 2.45) is 10.8 Å². The summed E-state index contributed by atoms with van der Waals surface area (Å²) in [5.41, 5.74) is 14.5. The summed E-state index contributed by atoms with van der Waals surface area (Å²) in [6.07, 6.45) is 8.80. The van der Waals surface area contributed by atoms with Crippen LogP contribution in [0.25, 0.3) is 11.6 Å². The first-order valence-corrected chi connectivity index (χ1v) is 13.5. The van der Waals surface area contributed by atoms with Gasteiger partial charge in [-0.2, -0.15) is 5.10 Å². The van der Waals surface area contributed by atoms with Gasteiger partial charge in [0.1, 0.15) is 5.82 Å². The number of aromatic nitrogens is 1. The van der Waals surface area contributed by atoms with E-state index in [9.17, 15) is 0 Å². The van der Waals surface area contributed by atoms with E-state index in [2.05, 4.69) is 98.3 Å². The van der Waals surface area contributed by atoms with Gasteiger partial charge in [-0.1, -0.05) is 68.5 Å². The summed E-state index contributed by atoms with van der Waals surface area (Å²) >= 11 is 0. The van der Waals surface area contributed by atoms with E-state index in [0.717, 1.165) is 60.7 Å².